The fraction of sp³-hybridized carbons (Fsp3) is 0.619. The van der Waals surface area contributed by atoms with Crippen LogP contribution in [0.15, 0.2) is 29.3 Å². The fourth-order valence-electron chi connectivity index (χ4n) is 3.56. The summed E-state index contributed by atoms with van der Waals surface area (Å²) < 4.78 is 5.75. The summed E-state index contributed by atoms with van der Waals surface area (Å²) in [5.74, 6) is 1.43. The zero-order valence-corrected chi connectivity index (χ0v) is 17.5. The van der Waals surface area contributed by atoms with Gasteiger partial charge in [-0.05, 0) is 37.9 Å². The molecule has 1 aromatic carbocycles. The maximum absolute atomic E-state index is 11.1. The maximum Gasteiger partial charge on any atom is 0.221 e. The van der Waals surface area contributed by atoms with E-state index in [2.05, 4.69) is 32.8 Å². The minimum Gasteiger partial charge on any atom is -0.492 e. The van der Waals surface area contributed by atoms with Crippen LogP contribution in [0.25, 0.3) is 0 Å². The van der Waals surface area contributed by atoms with Gasteiger partial charge in [0.1, 0.15) is 12.4 Å². The van der Waals surface area contributed by atoms with Crippen LogP contribution in [-0.4, -0.2) is 62.6 Å². The van der Waals surface area contributed by atoms with E-state index in [1.807, 2.05) is 24.3 Å². The van der Waals surface area contributed by atoms with E-state index in [1.54, 1.807) is 7.05 Å². The fourth-order valence-corrected chi connectivity index (χ4v) is 3.56. The predicted molar refractivity (Wildman–Crippen MR) is 115 cm³/mol. The van der Waals surface area contributed by atoms with Crippen LogP contribution in [0, 0.1) is 0 Å². The molecule has 1 saturated heterocycles. The molecule has 1 aliphatic rings. The van der Waals surface area contributed by atoms with Crippen LogP contribution in [0.5, 0.6) is 5.75 Å². The first-order valence-corrected chi connectivity index (χ1v) is 10.3. The monoisotopic (exact) mass is 389 g/mol. The van der Waals surface area contributed by atoms with Crippen molar-refractivity contribution in [2.24, 2.45) is 4.99 Å². The van der Waals surface area contributed by atoms with Gasteiger partial charge >= 0.3 is 0 Å². The summed E-state index contributed by atoms with van der Waals surface area (Å²) in [5.41, 5.74) is 0.735. The van der Waals surface area contributed by atoms with Crippen LogP contribution in [-0.2, 0) is 4.79 Å². The molecule has 1 atom stereocenters. The van der Waals surface area contributed by atoms with Gasteiger partial charge in [0.2, 0.25) is 5.91 Å². The van der Waals surface area contributed by atoms with Gasteiger partial charge in [0.05, 0.1) is 6.54 Å². The van der Waals surface area contributed by atoms with Gasteiger partial charge in [-0.25, -0.2) is 0 Å². The normalized spacial score (nSPS) is 17.8. The molecular weight excluding hydrogens is 354 g/mol. The maximum atomic E-state index is 11.1. The molecule has 0 aromatic heterocycles. The number of anilines is 1. The SMILES string of the molecule is CCC1CCCCN1CCNC(=NC)NCCOc1cccc(NC(C)=O)c1. The summed E-state index contributed by atoms with van der Waals surface area (Å²) in [5, 5.41) is 9.41. The van der Waals surface area contributed by atoms with Crippen molar-refractivity contribution in [2.45, 2.75) is 45.6 Å². The number of ether oxygens (including phenoxy) is 1. The molecule has 7 nitrogen and oxygen atoms in total. The molecule has 1 fully saturated rings. The van der Waals surface area contributed by atoms with Gasteiger partial charge in [-0.15, -0.1) is 0 Å². The van der Waals surface area contributed by atoms with Crippen molar-refractivity contribution in [2.75, 3.05) is 45.2 Å². The Morgan fingerprint density at radius 2 is 2.11 bits per heavy atom. The van der Waals surface area contributed by atoms with Gasteiger partial charge < -0.3 is 20.7 Å². The summed E-state index contributed by atoms with van der Waals surface area (Å²) in [4.78, 5) is 18.0. The third kappa shape index (κ3) is 7.76. The molecule has 1 aromatic rings. The Morgan fingerprint density at radius 1 is 1.29 bits per heavy atom. The third-order valence-corrected chi connectivity index (χ3v) is 4.95. The van der Waals surface area contributed by atoms with Crippen LogP contribution >= 0.6 is 0 Å². The van der Waals surface area contributed by atoms with Crippen molar-refractivity contribution in [3.63, 3.8) is 0 Å². The summed E-state index contributed by atoms with van der Waals surface area (Å²) >= 11 is 0. The lowest BCUT2D eigenvalue weighted by atomic mass is 10.0. The van der Waals surface area contributed by atoms with E-state index in [0.717, 1.165) is 36.5 Å². The average Bonchev–Trinajstić information content (AvgIpc) is 2.70. The predicted octanol–water partition coefficient (Wildman–Crippen LogP) is 2.45. The minimum atomic E-state index is -0.0940. The summed E-state index contributed by atoms with van der Waals surface area (Å²) in [6.45, 7) is 8.06. The van der Waals surface area contributed by atoms with Crippen molar-refractivity contribution < 1.29 is 9.53 Å². The molecule has 2 rings (SSSR count). The van der Waals surface area contributed by atoms with Crippen molar-refractivity contribution in [1.29, 1.82) is 0 Å². The summed E-state index contributed by atoms with van der Waals surface area (Å²) in [6, 6.07) is 8.12. The van der Waals surface area contributed by atoms with Crippen molar-refractivity contribution in [1.82, 2.24) is 15.5 Å². The number of carbonyl (C=O) groups excluding carboxylic acids is 1. The van der Waals surface area contributed by atoms with Gasteiger partial charge in [-0.2, -0.15) is 0 Å². The average molecular weight is 390 g/mol. The molecule has 28 heavy (non-hydrogen) atoms. The summed E-state index contributed by atoms with van der Waals surface area (Å²) in [6.07, 6.45) is 5.22. The van der Waals surface area contributed by atoms with Gasteiger partial charge in [0.25, 0.3) is 0 Å². The second kappa shape index (κ2) is 12.2. The highest BCUT2D eigenvalue weighted by molar-refractivity contribution is 5.88. The second-order valence-corrected chi connectivity index (χ2v) is 7.08. The molecule has 1 unspecified atom stereocenters. The number of piperidine rings is 1. The number of amides is 1. The highest BCUT2D eigenvalue weighted by Crippen LogP contribution is 2.18. The first kappa shape index (κ1) is 22.0. The van der Waals surface area contributed by atoms with Crippen LogP contribution < -0.4 is 20.7 Å². The highest BCUT2D eigenvalue weighted by Gasteiger charge is 2.19. The van der Waals surface area contributed by atoms with Crippen LogP contribution in [0.2, 0.25) is 0 Å². The van der Waals surface area contributed by atoms with E-state index in [-0.39, 0.29) is 5.91 Å². The molecule has 0 spiro atoms. The number of likely N-dealkylation sites (tertiary alicyclic amines) is 1. The van der Waals surface area contributed by atoms with Gasteiger partial charge in [0.15, 0.2) is 5.96 Å². The molecule has 1 aliphatic heterocycles. The summed E-state index contributed by atoms with van der Waals surface area (Å²) in [7, 11) is 1.78. The smallest absolute Gasteiger partial charge is 0.221 e. The molecule has 0 aliphatic carbocycles. The van der Waals surface area contributed by atoms with E-state index in [9.17, 15) is 4.79 Å². The Morgan fingerprint density at radius 3 is 2.86 bits per heavy atom. The Hall–Kier alpha value is -2.28. The first-order valence-electron chi connectivity index (χ1n) is 10.3. The first-order chi connectivity index (χ1) is 13.6. The lowest BCUT2D eigenvalue weighted by Crippen LogP contribution is -2.46. The standard InChI is InChI=1S/C21H35N5O2/c1-4-19-9-5-6-13-26(19)14-11-23-21(22-3)24-12-15-28-20-10-7-8-18(16-20)25-17(2)27/h7-8,10,16,19H,4-6,9,11-15H2,1-3H3,(H,25,27)(H2,22,23,24). The van der Waals surface area contributed by atoms with Gasteiger partial charge in [0, 0.05) is 44.9 Å². The number of guanidine groups is 1. The Labute approximate surface area is 168 Å². The van der Waals surface area contributed by atoms with Crippen LogP contribution in [0.1, 0.15) is 39.5 Å². The second-order valence-electron chi connectivity index (χ2n) is 7.08. The molecular formula is C21H35N5O2. The molecule has 1 amide bonds. The molecule has 3 N–H and O–H groups in total. The zero-order valence-electron chi connectivity index (χ0n) is 17.5. The highest BCUT2D eigenvalue weighted by atomic mass is 16.5. The van der Waals surface area contributed by atoms with Crippen molar-refractivity contribution in [3.8, 4) is 5.75 Å². The number of nitrogens with zero attached hydrogens (tertiary/aromatic N) is 2. The molecule has 0 saturated carbocycles. The topological polar surface area (TPSA) is 78.0 Å². The van der Waals surface area contributed by atoms with E-state index >= 15 is 0 Å². The number of carbonyl (C=O) groups is 1. The Bertz CT molecular complexity index is 635. The zero-order chi connectivity index (χ0) is 20.2. The Kier molecular flexibility index (Phi) is 9.62. The van der Waals surface area contributed by atoms with Crippen molar-refractivity contribution in [3.05, 3.63) is 24.3 Å². The van der Waals surface area contributed by atoms with Gasteiger partial charge in [-0.3, -0.25) is 14.7 Å². The number of hydrogen-bond acceptors (Lipinski definition) is 4. The van der Waals surface area contributed by atoms with E-state index < -0.39 is 0 Å². The van der Waals surface area contributed by atoms with Crippen LogP contribution in [0.3, 0.4) is 0 Å². The molecule has 156 valence electrons. The number of rotatable bonds is 9. The number of aliphatic imine (C=N–C) groups is 1. The lowest BCUT2D eigenvalue weighted by Gasteiger charge is -2.35. The largest absolute Gasteiger partial charge is 0.492 e. The third-order valence-electron chi connectivity index (χ3n) is 4.95. The molecule has 1 heterocycles. The minimum absolute atomic E-state index is 0.0940. The molecule has 7 heteroatoms. The lowest BCUT2D eigenvalue weighted by molar-refractivity contribution is -0.114. The van der Waals surface area contributed by atoms with E-state index in [1.165, 1.54) is 39.2 Å². The van der Waals surface area contributed by atoms with Crippen LogP contribution in [0.4, 0.5) is 5.69 Å². The quantitative estimate of drug-likeness (QED) is 0.344. The number of benzene rings is 1. The molecule has 0 radical (unpaired) electrons. The van der Waals surface area contributed by atoms with E-state index in [0.29, 0.717) is 13.2 Å². The number of hydrogen-bond donors (Lipinski definition) is 3. The van der Waals surface area contributed by atoms with Crippen molar-refractivity contribution >= 4 is 17.6 Å². The number of nitrogens with one attached hydrogen (secondary N) is 3. The Balaban J connectivity index is 1.65. The van der Waals surface area contributed by atoms with Gasteiger partial charge in [-0.1, -0.05) is 19.4 Å². The van der Waals surface area contributed by atoms with E-state index in [4.69, 9.17) is 4.74 Å². The molecule has 0 bridgehead atoms.